The summed E-state index contributed by atoms with van der Waals surface area (Å²) >= 11 is 6.07. The van der Waals surface area contributed by atoms with Crippen LogP contribution < -0.4 is 21.7 Å². The zero-order valence-electron chi connectivity index (χ0n) is 21.1. The largest absolute Gasteiger partial charge is 0.449 e. The van der Waals surface area contributed by atoms with Gasteiger partial charge in [-0.15, -0.1) is 0 Å². The molecule has 0 radical (unpaired) electrons. The number of rotatable bonds is 12. The molecule has 5 N–H and O–H groups in total. The molecule has 11 heteroatoms. The van der Waals surface area contributed by atoms with E-state index in [1.807, 2.05) is 39.8 Å². The molecule has 0 aliphatic carbocycles. The molecule has 0 saturated carbocycles. The van der Waals surface area contributed by atoms with Crippen molar-refractivity contribution in [1.29, 1.82) is 0 Å². The first-order chi connectivity index (χ1) is 16.8. The molecule has 1 aromatic carbocycles. The summed E-state index contributed by atoms with van der Waals surface area (Å²) < 4.78 is 5.41. The molecule has 10 nitrogen and oxygen atoms in total. The van der Waals surface area contributed by atoms with Gasteiger partial charge in [-0.25, -0.2) is 4.79 Å². The Morgan fingerprint density at radius 2 is 1.89 bits per heavy atom. The van der Waals surface area contributed by atoms with Crippen molar-refractivity contribution in [2.45, 2.75) is 64.5 Å². The molecule has 1 aliphatic heterocycles. The van der Waals surface area contributed by atoms with Gasteiger partial charge in [0.15, 0.2) is 0 Å². The summed E-state index contributed by atoms with van der Waals surface area (Å²) in [6, 6.07) is 4.91. The van der Waals surface area contributed by atoms with Crippen molar-refractivity contribution in [2.24, 2.45) is 17.6 Å². The summed E-state index contributed by atoms with van der Waals surface area (Å²) in [7, 11) is 0. The van der Waals surface area contributed by atoms with E-state index in [2.05, 4.69) is 16.0 Å². The number of carbonyl (C=O) groups excluding carboxylic acids is 5. The number of ether oxygens (including phenoxy) is 1. The van der Waals surface area contributed by atoms with Gasteiger partial charge in [-0.2, -0.15) is 0 Å². The maximum Gasteiger partial charge on any atom is 0.407 e. The average Bonchev–Trinajstić information content (AvgIpc) is 3.20. The van der Waals surface area contributed by atoms with Crippen molar-refractivity contribution < 1.29 is 28.7 Å². The maximum absolute atomic E-state index is 13.1. The first-order valence-corrected chi connectivity index (χ1v) is 12.3. The average molecular weight is 523 g/mol. The Labute approximate surface area is 216 Å². The lowest BCUT2D eigenvalue weighted by atomic mass is 9.86. The smallest absolute Gasteiger partial charge is 0.407 e. The van der Waals surface area contributed by atoms with Crippen LogP contribution in [0.3, 0.4) is 0 Å². The fourth-order valence-electron chi connectivity index (χ4n) is 3.96. The molecular weight excluding hydrogens is 488 g/mol. The number of nitrogens with one attached hydrogen (secondary N) is 3. The Bertz CT molecular complexity index is 997. The zero-order chi connectivity index (χ0) is 27.0. The molecule has 2 rings (SSSR count). The van der Waals surface area contributed by atoms with Gasteiger partial charge in [0.1, 0.15) is 12.6 Å². The predicted octanol–water partition coefficient (Wildman–Crippen LogP) is 1.82. The fraction of sp³-hybridized carbons (Fsp3) is 0.560. The van der Waals surface area contributed by atoms with E-state index >= 15 is 0 Å². The highest BCUT2D eigenvalue weighted by atomic mass is 35.5. The van der Waals surface area contributed by atoms with E-state index in [4.69, 9.17) is 22.1 Å². The third kappa shape index (κ3) is 8.51. The molecule has 1 fully saturated rings. The van der Waals surface area contributed by atoms with E-state index in [1.54, 1.807) is 12.1 Å². The number of halogens is 1. The lowest BCUT2D eigenvalue weighted by Crippen LogP contribution is -2.54. The Morgan fingerprint density at radius 3 is 2.44 bits per heavy atom. The van der Waals surface area contributed by atoms with E-state index in [9.17, 15) is 24.0 Å². The minimum Gasteiger partial charge on any atom is -0.449 e. The maximum atomic E-state index is 13.1. The molecule has 0 bridgehead atoms. The SMILES string of the molecule is CC(C)CC(NC(=O)OCC(C)(C)c1cccc(Cl)c1)C(=O)NC(CC1CCNC1=O)C(=O)C(N)=O. The van der Waals surface area contributed by atoms with Crippen molar-refractivity contribution in [3.05, 3.63) is 34.9 Å². The molecule has 1 saturated heterocycles. The van der Waals surface area contributed by atoms with Gasteiger partial charge >= 0.3 is 6.09 Å². The molecule has 198 valence electrons. The van der Waals surface area contributed by atoms with E-state index in [0.717, 1.165) is 5.56 Å². The van der Waals surface area contributed by atoms with Crippen LogP contribution in [0.5, 0.6) is 0 Å². The van der Waals surface area contributed by atoms with Crippen LogP contribution >= 0.6 is 11.6 Å². The summed E-state index contributed by atoms with van der Waals surface area (Å²) in [6.45, 7) is 7.99. The van der Waals surface area contributed by atoms with Gasteiger partial charge < -0.3 is 26.4 Å². The third-order valence-electron chi connectivity index (χ3n) is 6.04. The Hall–Kier alpha value is -3.14. The summed E-state index contributed by atoms with van der Waals surface area (Å²) in [6.07, 6.45) is -0.148. The summed E-state index contributed by atoms with van der Waals surface area (Å²) in [5.74, 6) is -3.67. The zero-order valence-corrected chi connectivity index (χ0v) is 21.8. The van der Waals surface area contributed by atoms with Crippen LogP contribution in [0.2, 0.25) is 5.02 Å². The monoisotopic (exact) mass is 522 g/mol. The summed E-state index contributed by atoms with van der Waals surface area (Å²) in [5, 5.41) is 8.28. The molecule has 0 spiro atoms. The van der Waals surface area contributed by atoms with Crippen LogP contribution in [0.4, 0.5) is 4.79 Å². The standard InChI is InChI=1S/C25H35ClN4O6/c1-14(2)10-19(30-24(35)36-13-25(3,4)16-6-5-7-17(26)12-16)23(34)29-18(20(31)21(27)32)11-15-8-9-28-22(15)33/h5-7,12,14-15,18-19H,8-11,13H2,1-4H3,(H2,27,32)(H,28,33)(H,29,34)(H,30,35). The predicted molar refractivity (Wildman–Crippen MR) is 134 cm³/mol. The van der Waals surface area contributed by atoms with Crippen molar-refractivity contribution in [2.75, 3.05) is 13.2 Å². The number of carbonyl (C=O) groups is 5. The summed E-state index contributed by atoms with van der Waals surface area (Å²) in [5.41, 5.74) is 5.49. The first kappa shape index (κ1) is 29.1. The number of amides is 4. The number of Topliss-reactive ketones (excluding diaryl/α,β-unsaturated/α-hetero) is 1. The molecule has 3 unspecified atom stereocenters. The minimum absolute atomic E-state index is 0.00912. The number of alkyl carbamates (subject to hydrolysis) is 1. The van der Waals surface area contributed by atoms with Crippen molar-refractivity contribution in [3.63, 3.8) is 0 Å². The minimum atomic E-state index is -1.28. The van der Waals surface area contributed by atoms with Crippen molar-refractivity contribution >= 4 is 41.2 Å². The van der Waals surface area contributed by atoms with Crippen molar-refractivity contribution in [1.82, 2.24) is 16.0 Å². The van der Waals surface area contributed by atoms with Crippen LogP contribution in [0.15, 0.2) is 24.3 Å². The Morgan fingerprint density at radius 1 is 1.19 bits per heavy atom. The van der Waals surface area contributed by atoms with Crippen LogP contribution in [-0.4, -0.2) is 54.8 Å². The number of nitrogens with two attached hydrogens (primary N) is 1. The van der Waals surface area contributed by atoms with Crippen LogP contribution in [0.1, 0.15) is 52.5 Å². The number of ketones is 1. The molecule has 4 amide bonds. The van der Waals surface area contributed by atoms with Crippen LogP contribution in [0, 0.1) is 11.8 Å². The molecule has 3 atom stereocenters. The highest BCUT2D eigenvalue weighted by Crippen LogP contribution is 2.26. The van der Waals surface area contributed by atoms with Gasteiger partial charge in [-0.1, -0.05) is 51.4 Å². The van der Waals surface area contributed by atoms with Gasteiger partial charge in [0.2, 0.25) is 17.6 Å². The number of primary amides is 1. The molecule has 36 heavy (non-hydrogen) atoms. The molecule has 1 aliphatic rings. The second kappa shape index (κ2) is 12.7. The Balaban J connectivity index is 2.07. The van der Waals surface area contributed by atoms with Gasteiger partial charge in [-0.3, -0.25) is 19.2 Å². The molecular formula is C25H35ClN4O6. The van der Waals surface area contributed by atoms with Gasteiger partial charge in [0.25, 0.3) is 5.91 Å². The molecule has 1 aromatic rings. The van der Waals surface area contributed by atoms with Crippen molar-refractivity contribution in [3.8, 4) is 0 Å². The third-order valence-corrected chi connectivity index (χ3v) is 6.28. The fourth-order valence-corrected chi connectivity index (χ4v) is 4.15. The number of benzene rings is 1. The van der Waals surface area contributed by atoms with E-state index in [0.29, 0.717) is 18.0 Å². The van der Waals surface area contributed by atoms with E-state index in [1.165, 1.54) is 0 Å². The molecule has 0 aromatic heterocycles. The second-order valence-electron chi connectivity index (χ2n) is 10.1. The number of hydrogen-bond acceptors (Lipinski definition) is 6. The van der Waals surface area contributed by atoms with E-state index < -0.39 is 47.1 Å². The quantitative estimate of drug-likeness (QED) is 0.307. The lowest BCUT2D eigenvalue weighted by molar-refractivity contribution is -0.139. The van der Waals surface area contributed by atoms with E-state index in [-0.39, 0.29) is 31.3 Å². The molecule has 1 heterocycles. The van der Waals surface area contributed by atoms with Crippen LogP contribution in [0.25, 0.3) is 0 Å². The number of hydrogen-bond donors (Lipinski definition) is 4. The van der Waals surface area contributed by atoms with Gasteiger partial charge in [0, 0.05) is 22.9 Å². The van der Waals surface area contributed by atoms with Crippen LogP contribution in [-0.2, 0) is 29.3 Å². The topological polar surface area (TPSA) is 157 Å². The highest BCUT2D eigenvalue weighted by molar-refractivity contribution is 6.38. The normalized spacial score (nSPS) is 17.2. The highest BCUT2D eigenvalue weighted by Gasteiger charge is 2.35. The van der Waals surface area contributed by atoms with Gasteiger partial charge in [0.05, 0.1) is 6.04 Å². The lowest BCUT2D eigenvalue weighted by Gasteiger charge is -2.27. The second-order valence-corrected chi connectivity index (χ2v) is 10.5. The van der Waals surface area contributed by atoms with Gasteiger partial charge in [-0.05, 0) is 42.9 Å². The summed E-state index contributed by atoms with van der Waals surface area (Å²) in [4.78, 5) is 61.5. The first-order valence-electron chi connectivity index (χ1n) is 11.9. The Kier molecular flexibility index (Phi) is 10.3.